The summed E-state index contributed by atoms with van der Waals surface area (Å²) in [6.07, 6.45) is 50.6. The third kappa shape index (κ3) is 37.9. The Balaban J connectivity index is 0.000000184. The number of fused-ring (bicyclic) bond motifs is 4. The van der Waals surface area contributed by atoms with Gasteiger partial charge in [0, 0.05) is 132 Å². The summed E-state index contributed by atoms with van der Waals surface area (Å²) >= 11 is 0. The van der Waals surface area contributed by atoms with Crippen molar-refractivity contribution < 1.29 is 131 Å². The molecule has 4 heterocycles. The molecule has 5 saturated carbocycles. The maximum atomic E-state index is 12.1. The molecule has 4 aliphatic heterocycles. The number of carbonyl (C=O) groups excluding carboxylic acids is 3. The van der Waals surface area contributed by atoms with Gasteiger partial charge in [0.1, 0.15) is 18.3 Å². The van der Waals surface area contributed by atoms with E-state index in [2.05, 4.69) is 246 Å². The Labute approximate surface area is 832 Å². The van der Waals surface area contributed by atoms with E-state index in [-0.39, 0.29) is 146 Å². The smallest absolute Gasteiger partial charge is 0.306 e. The van der Waals surface area contributed by atoms with Crippen molar-refractivity contribution in [2.45, 2.75) is 268 Å². The molecule has 9 aliphatic rings. The molecule has 5 aliphatic carbocycles. The number of aliphatic hydroxyl groups is 4. The van der Waals surface area contributed by atoms with E-state index in [1.807, 2.05) is 48.5 Å². The fraction of sp³-hybridized carbons (Fsp3) is 0.538. The number of aliphatic hydroxyl groups excluding tert-OH is 4. The first-order chi connectivity index (χ1) is 62.6. The quantitative estimate of drug-likeness (QED) is 0.00807. The van der Waals surface area contributed by atoms with Gasteiger partial charge in [-0.15, -0.1) is 0 Å². The molecule has 0 radical (unpaired) electrons. The van der Waals surface area contributed by atoms with E-state index in [0.29, 0.717) is 138 Å². The van der Waals surface area contributed by atoms with Crippen molar-refractivity contribution in [1.82, 2.24) is 0 Å². The van der Waals surface area contributed by atoms with Gasteiger partial charge in [-0.2, -0.15) is 0 Å². The average Bonchev–Trinajstić information content (AvgIpc) is 1.64. The first-order valence-electron chi connectivity index (χ1n) is 47.2. The number of carboxylic acid groups (broad SMARTS) is 1. The van der Waals surface area contributed by atoms with Gasteiger partial charge in [-0.05, 0) is 215 Å². The Morgan fingerprint density at radius 3 is 1.26 bits per heavy atom. The topological polar surface area (TPSA) is 243 Å². The summed E-state index contributed by atoms with van der Waals surface area (Å²) in [6.45, 7) is 9.06. The number of hydrogen-bond acceptors (Lipinski definition) is 16. The number of hydrogen-bond donors (Lipinski definition) is 5. The number of aryl methyl sites for hydroxylation is 5. The van der Waals surface area contributed by atoms with Gasteiger partial charge in [-0.3, -0.25) is 19.2 Å². The average molecular weight is 2050 g/mol. The maximum absolute atomic E-state index is 12.1. The molecular formula is C104H146O17P8Xe. The molecule has 0 bridgehead atoms. The number of carbonyl (C=O) groups is 4. The minimum absolute atomic E-state index is 0. The molecule has 0 aromatic heterocycles. The molecule has 5 aromatic carbocycles. The second-order valence-corrected chi connectivity index (χ2v) is 41.3. The molecule has 0 spiro atoms. The third-order valence-corrected chi connectivity index (χ3v) is 30.8. The third-order valence-electron chi connectivity index (χ3n) is 27.4. The Hall–Kier alpha value is -3.19. The van der Waals surface area contributed by atoms with Crippen molar-refractivity contribution in [3.63, 3.8) is 0 Å². The fourth-order valence-corrected chi connectivity index (χ4v) is 24.1. The van der Waals surface area contributed by atoms with Crippen LogP contribution in [0.5, 0.6) is 0 Å². The Kier molecular flexibility index (Phi) is 52.1. The van der Waals surface area contributed by atoms with Crippen LogP contribution in [0.4, 0.5) is 0 Å². The van der Waals surface area contributed by atoms with Crippen LogP contribution >= 0.6 is 69.7 Å². The zero-order valence-electron chi connectivity index (χ0n) is 76.2. The van der Waals surface area contributed by atoms with Crippen LogP contribution in [0.1, 0.15) is 190 Å². The number of benzene rings is 5. The van der Waals surface area contributed by atoms with Crippen LogP contribution in [0, 0.1) is 132 Å². The predicted octanol–water partition coefficient (Wildman–Crippen LogP) is 22.7. The van der Waals surface area contributed by atoms with E-state index >= 15 is 0 Å². The Morgan fingerprint density at radius 1 is 0.438 bits per heavy atom. The summed E-state index contributed by atoms with van der Waals surface area (Å²) in [4.78, 5) is 45.6. The summed E-state index contributed by atoms with van der Waals surface area (Å²) in [5, 5.41) is 49.2. The summed E-state index contributed by atoms with van der Waals surface area (Å²) in [5.41, 5.74) is 6.57. The van der Waals surface area contributed by atoms with Crippen LogP contribution in [0.2, 0.25) is 0 Å². The van der Waals surface area contributed by atoms with E-state index in [1.54, 1.807) is 6.08 Å². The SMILES string of the molecule is C[C@@H]1C[C@@H]2OC(=O)CCC/C=C\C[C@@H]2[C@H]1/C=C/[C@H](CCc1ccccc1)OPP.C[C@@H]1C[C@@H]2OC(=O)C[C@@H]2[C@H]1/C=C/[C@H](CCc1ccccc1)OPP.C[C@@H]1C[C@@H]2OC(O)C[C@@H]2[C@H]1/C=C/[C@H](CCc1ccccc1)OPP.C[C@@H]1C[C@H](O)[C@H](CC=CCCCC(=O)O)[C@H]1/C=C/[C@H](CCc1ccccc1)OPP.O=C1C[C@@H]2[C@@H](/C=C/[C@@H](O)CCc3ccccc3)[C@H](O)C[C@@H]2O1.[Xe]. The van der Waals surface area contributed by atoms with Gasteiger partial charge >= 0.3 is 23.9 Å². The monoisotopic (exact) mass is 2050 g/mol. The molecule has 130 heavy (non-hydrogen) atoms. The molecule has 5 N–H and O–H groups in total. The number of allylic oxidation sites excluding steroid dienone is 8. The van der Waals surface area contributed by atoms with Gasteiger partial charge < -0.3 is 62.6 Å². The van der Waals surface area contributed by atoms with E-state index in [0.717, 1.165) is 122 Å². The van der Waals surface area contributed by atoms with Crippen LogP contribution in [0.25, 0.3) is 0 Å². The second-order valence-electron chi connectivity index (χ2n) is 36.6. The van der Waals surface area contributed by atoms with Crippen LogP contribution in [-0.4, -0.2) is 123 Å². The van der Waals surface area contributed by atoms with Crippen molar-refractivity contribution in [2.75, 3.05) is 0 Å². The summed E-state index contributed by atoms with van der Waals surface area (Å²) < 4.78 is 45.9. The predicted molar refractivity (Wildman–Crippen MR) is 541 cm³/mol. The normalized spacial score (nSPS) is 30.2. The molecule has 17 nitrogen and oxygen atoms in total. The Bertz CT molecular complexity index is 4270. The number of aliphatic carboxylic acids is 1. The molecular weight excluding hydrogens is 1900 g/mol. The molecule has 8 fully saturated rings. The fourth-order valence-electron chi connectivity index (χ4n) is 20.5. The van der Waals surface area contributed by atoms with Crippen molar-refractivity contribution in [1.29, 1.82) is 0 Å². The van der Waals surface area contributed by atoms with E-state index in [9.17, 15) is 39.6 Å². The van der Waals surface area contributed by atoms with E-state index < -0.39 is 24.5 Å². The van der Waals surface area contributed by atoms with Gasteiger partial charge in [-0.1, -0.05) is 300 Å². The Morgan fingerprint density at radius 2 is 0.815 bits per heavy atom. The van der Waals surface area contributed by atoms with E-state index in [4.69, 9.17) is 42.1 Å². The van der Waals surface area contributed by atoms with Gasteiger partial charge in [0.05, 0.1) is 61.7 Å². The van der Waals surface area contributed by atoms with Crippen molar-refractivity contribution in [2.24, 2.45) is 82.9 Å². The molecule has 3 saturated heterocycles. The summed E-state index contributed by atoms with van der Waals surface area (Å²) in [6, 6.07) is 52.2. The number of esters is 3. The molecule has 14 rings (SSSR count). The van der Waals surface area contributed by atoms with Gasteiger partial charge in [0.2, 0.25) is 0 Å². The van der Waals surface area contributed by atoms with E-state index in [1.165, 1.54) is 27.8 Å². The number of rotatable bonds is 39. The molecule has 0 amide bonds. The van der Waals surface area contributed by atoms with Gasteiger partial charge in [-0.25, -0.2) is 0 Å². The largest absolute Gasteiger partial charge is 0.481 e. The minimum atomic E-state index is -0.747. The van der Waals surface area contributed by atoms with Crippen LogP contribution in [0.3, 0.4) is 0 Å². The molecule has 26 heteroatoms. The molecule has 712 valence electrons. The van der Waals surface area contributed by atoms with Gasteiger partial charge in [0.15, 0.2) is 6.29 Å². The van der Waals surface area contributed by atoms with Crippen molar-refractivity contribution in [3.05, 3.63) is 265 Å². The summed E-state index contributed by atoms with van der Waals surface area (Å²) in [5.74, 6) is 4.17. The standard InChI is InChI=1S/C24H36O4P2.C24H34O3P2.C19H28O3P2.C19H26O3P2.C18H22O4.Xe/c1-18-17-23(25)22(11-7-2-3-8-12-24(26)27)21(18)16-15-20(28-30-29)14-13-19-9-5-4-6-10-19;1-18-17-23-22(11-7-2-3-8-12-24(25)26-23)21(18)16-15-20(27-29-28)14-13-19-9-5-4-6-10-19;2*1-13-11-18-17(12-19(20)21-18)16(13)10-9-15(22-24-23)8-7-14-5-3-2-4-6-14;19-13(7-6-12-4-2-1-3-5-12)8-9-14-15-10-18(21)22-17(15)11-16(14)20;/h2,4-7,9-10,15-16,18,20-23,25,30H,3,8,11-14,17,29H2,1H3,(H,26,27);2,4-7,9-10,15-16,18,20-23,29H,3,8,11-14,17,28H2,1H3;2-6,9-10,13,15-20,24H,7-8,11-12,23H2,1H3;2-6,9-10,13,15-18,24H,7-8,11-12,23H2,1H3;1-5,8-9,13-17,19-20H,6-7,10-11H2;/b7-2?,16-15+;7-2-,16-15+;2*10-9+;9-8+;/t2*18-,20+,21+,22-,23+;13-,15+,16+,17-,18+,19?;13-,15+,16+,17-,18+;13-,14+,15+,16+,17-;/m11110./s1. The first-order valence-corrected chi connectivity index (χ1v) is 58.1. The number of ether oxygens (including phenoxy) is 4. The van der Waals surface area contributed by atoms with Crippen LogP contribution < -0.4 is 0 Å². The van der Waals surface area contributed by atoms with Crippen LogP contribution in [0.15, 0.2) is 237 Å². The van der Waals surface area contributed by atoms with Crippen molar-refractivity contribution >= 4 is 93.6 Å². The zero-order chi connectivity index (χ0) is 91.7. The van der Waals surface area contributed by atoms with Gasteiger partial charge in [0.25, 0.3) is 0 Å². The van der Waals surface area contributed by atoms with Crippen molar-refractivity contribution in [3.8, 4) is 0 Å². The first kappa shape index (κ1) is 110. The second kappa shape index (κ2) is 61.3. The minimum Gasteiger partial charge on any atom is -0.481 e. The molecule has 9 unspecified atom stereocenters. The summed E-state index contributed by atoms with van der Waals surface area (Å²) in [7, 11) is 12.3. The zero-order valence-corrected chi connectivity index (χ0v) is 86.8. The number of unbranched alkanes of at least 4 members (excludes halogenated alkanes) is 1. The molecule has 34 atom stereocenters. The molecule has 5 aromatic rings. The maximum Gasteiger partial charge on any atom is 0.306 e. The van der Waals surface area contributed by atoms with Crippen LogP contribution in [-0.2, 0) is 88.3 Å². The number of carboxylic acids is 1.